The van der Waals surface area contributed by atoms with Gasteiger partial charge in [0.25, 0.3) is 10.0 Å². The molecule has 0 aliphatic carbocycles. The molecule has 2 aromatic rings. The minimum absolute atomic E-state index is 0.0133. The Morgan fingerprint density at radius 3 is 2.47 bits per heavy atom. The lowest BCUT2D eigenvalue weighted by molar-refractivity contribution is -0.147. The van der Waals surface area contributed by atoms with Crippen LogP contribution in [-0.4, -0.2) is 60.6 Å². The molecule has 1 atom stereocenters. The maximum Gasteiger partial charge on any atom is 0.269 e. The monoisotopic (exact) mass is 503 g/mol. The van der Waals surface area contributed by atoms with Gasteiger partial charge in [-0.3, -0.25) is 14.5 Å². The van der Waals surface area contributed by atoms with Gasteiger partial charge in [0, 0.05) is 37.2 Å². The van der Waals surface area contributed by atoms with Crippen molar-refractivity contribution in [3.8, 4) is 5.75 Å². The average Bonchev–Trinajstić information content (AvgIpc) is 2.81. The van der Waals surface area contributed by atoms with Gasteiger partial charge in [-0.05, 0) is 49.2 Å². The molecule has 0 radical (unpaired) electrons. The summed E-state index contributed by atoms with van der Waals surface area (Å²) in [7, 11) is -2.67. The number of halogens is 1. The summed E-state index contributed by atoms with van der Waals surface area (Å²) in [5.41, 5.74) is 1.57. The molecule has 2 aromatic carbocycles. The highest BCUT2D eigenvalue weighted by Gasteiger charge is 2.46. The first-order valence-electron chi connectivity index (χ1n) is 10.9. The molecule has 180 valence electrons. The van der Waals surface area contributed by atoms with Crippen LogP contribution in [0, 0.1) is 6.92 Å². The molecule has 34 heavy (non-hydrogen) atoms. The summed E-state index contributed by atoms with van der Waals surface area (Å²) >= 11 is 5.99. The quantitative estimate of drug-likeness (QED) is 0.604. The molecule has 2 aliphatic rings. The topological polar surface area (TPSA) is 87.2 Å². The van der Waals surface area contributed by atoms with Crippen LogP contribution in [0.4, 0.5) is 0 Å². The van der Waals surface area contributed by atoms with E-state index >= 15 is 0 Å². The van der Waals surface area contributed by atoms with E-state index in [2.05, 4.69) is 0 Å². The van der Waals surface area contributed by atoms with Crippen molar-refractivity contribution in [3.63, 3.8) is 0 Å². The molecule has 2 aliphatic heterocycles. The van der Waals surface area contributed by atoms with Crippen LogP contribution in [0.25, 0.3) is 0 Å². The molecule has 0 bridgehead atoms. The number of amides is 2. The van der Waals surface area contributed by atoms with Crippen molar-refractivity contribution in [1.82, 2.24) is 14.1 Å². The zero-order valence-corrected chi connectivity index (χ0v) is 20.8. The summed E-state index contributed by atoms with van der Waals surface area (Å²) in [5, 5.41) is 0.563. The molecule has 1 unspecified atom stereocenters. The van der Waals surface area contributed by atoms with Gasteiger partial charge in [-0.15, -0.1) is 0 Å². The van der Waals surface area contributed by atoms with E-state index in [1.165, 1.54) is 27.4 Å². The first-order chi connectivity index (χ1) is 16.2. The van der Waals surface area contributed by atoms with Crippen LogP contribution in [0.15, 0.2) is 59.4 Å². The van der Waals surface area contributed by atoms with E-state index in [0.29, 0.717) is 11.6 Å². The molecule has 10 heteroatoms. The Kier molecular flexibility index (Phi) is 6.60. The summed E-state index contributed by atoms with van der Waals surface area (Å²) in [6.07, 6.45) is 1.65. The summed E-state index contributed by atoms with van der Waals surface area (Å²) in [6.45, 7) is 3.91. The Bertz CT molecular complexity index is 1260. The fourth-order valence-electron chi connectivity index (χ4n) is 4.26. The van der Waals surface area contributed by atoms with Gasteiger partial charge in [-0.25, -0.2) is 12.7 Å². The number of nitrogens with zero attached hydrogens (tertiary/aromatic N) is 3. The zero-order valence-electron chi connectivity index (χ0n) is 19.2. The number of carbonyl (C=O) groups is 2. The lowest BCUT2D eigenvalue weighted by atomic mass is 10.0. The molecule has 0 N–H and O–H groups in total. The molecule has 4 rings (SSSR count). The second-order valence-corrected chi connectivity index (χ2v) is 10.5. The minimum Gasteiger partial charge on any atom is -0.495 e. The third kappa shape index (κ3) is 4.25. The van der Waals surface area contributed by atoms with Crippen molar-refractivity contribution in [1.29, 1.82) is 0 Å². The standard InChI is InChI=1S/C24H26ClN3O5S/c1-4-26-15-22-27(34(31,32)21-13-16(2)5-10-20(21)33-3)12-11-23(29)28(22)19(24(26)30)14-17-6-8-18(25)9-7-17/h5-10,13,15,19H,4,11-12,14H2,1-3H3. The number of hydrogen-bond donors (Lipinski definition) is 0. The number of rotatable bonds is 6. The predicted molar refractivity (Wildman–Crippen MR) is 127 cm³/mol. The van der Waals surface area contributed by atoms with E-state index in [1.54, 1.807) is 56.3 Å². The van der Waals surface area contributed by atoms with Gasteiger partial charge in [0.05, 0.1) is 7.11 Å². The third-order valence-corrected chi connectivity index (χ3v) is 8.10. The molecule has 8 nitrogen and oxygen atoms in total. The average molecular weight is 504 g/mol. The molecule has 0 spiro atoms. The van der Waals surface area contributed by atoms with Crippen molar-refractivity contribution in [2.45, 2.75) is 37.6 Å². The van der Waals surface area contributed by atoms with Crippen LogP contribution < -0.4 is 4.74 Å². The molecule has 2 amide bonds. The number of methoxy groups -OCH3 is 1. The number of carbonyl (C=O) groups excluding carboxylic acids is 2. The molecule has 0 aromatic heterocycles. The maximum absolute atomic E-state index is 13.8. The molecule has 2 heterocycles. The molecular weight excluding hydrogens is 478 g/mol. The van der Waals surface area contributed by atoms with Crippen molar-refractivity contribution in [2.75, 3.05) is 20.2 Å². The predicted octanol–water partition coefficient (Wildman–Crippen LogP) is 3.15. The second-order valence-electron chi connectivity index (χ2n) is 8.20. The number of ether oxygens (including phenoxy) is 1. The van der Waals surface area contributed by atoms with Gasteiger partial charge in [0.2, 0.25) is 11.8 Å². The molecule has 1 saturated heterocycles. The van der Waals surface area contributed by atoms with Crippen LogP contribution >= 0.6 is 11.6 Å². The Hall–Kier alpha value is -3.04. The van der Waals surface area contributed by atoms with Crippen molar-refractivity contribution in [2.24, 2.45) is 0 Å². The lowest BCUT2D eigenvalue weighted by Gasteiger charge is -2.46. The second kappa shape index (κ2) is 9.31. The third-order valence-electron chi connectivity index (χ3n) is 6.02. The van der Waals surface area contributed by atoms with Crippen LogP contribution in [0.1, 0.15) is 24.5 Å². The zero-order chi connectivity index (χ0) is 24.6. The minimum atomic E-state index is -4.08. The van der Waals surface area contributed by atoms with Crippen molar-refractivity contribution >= 4 is 33.4 Å². The van der Waals surface area contributed by atoms with Crippen LogP contribution in [0.3, 0.4) is 0 Å². The van der Waals surface area contributed by atoms with Gasteiger partial charge in [-0.1, -0.05) is 29.8 Å². The van der Waals surface area contributed by atoms with Crippen molar-refractivity contribution < 1.29 is 22.7 Å². The van der Waals surface area contributed by atoms with Crippen LogP contribution in [0.5, 0.6) is 5.75 Å². The number of aryl methyl sites for hydroxylation is 1. The smallest absolute Gasteiger partial charge is 0.269 e. The van der Waals surface area contributed by atoms with Gasteiger partial charge in [-0.2, -0.15) is 0 Å². The Balaban J connectivity index is 1.80. The number of hydrogen-bond acceptors (Lipinski definition) is 5. The van der Waals surface area contributed by atoms with E-state index in [1.807, 2.05) is 0 Å². The van der Waals surface area contributed by atoms with Gasteiger partial charge >= 0.3 is 0 Å². The summed E-state index contributed by atoms with van der Waals surface area (Å²) in [4.78, 5) is 29.1. The fraction of sp³-hybridized carbons (Fsp3) is 0.333. The maximum atomic E-state index is 13.8. The van der Waals surface area contributed by atoms with Crippen molar-refractivity contribution in [3.05, 3.63) is 70.6 Å². The normalized spacial score (nSPS) is 18.6. The summed E-state index contributed by atoms with van der Waals surface area (Å²) < 4.78 is 34.1. The van der Waals surface area contributed by atoms with Gasteiger partial charge in [0.1, 0.15) is 22.5 Å². The molecular formula is C24H26ClN3O5S. The van der Waals surface area contributed by atoms with E-state index in [4.69, 9.17) is 16.3 Å². The summed E-state index contributed by atoms with van der Waals surface area (Å²) in [6, 6.07) is 11.1. The summed E-state index contributed by atoms with van der Waals surface area (Å²) in [5.74, 6) is -0.175. The molecule has 0 saturated carbocycles. The van der Waals surface area contributed by atoms with Crippen LogP contribution in [-0.2, 0) is 26.0 Å². The number of sulfonamides is 1. The fourth-order valence-corrected chi connectivity index (χ4v) is 6.08. The number of likely N-dealkylation sites (N-methyl/N-ethyl adjacent to an activating group) is 1. The van der Waals surface area contributed by atoms with Crippen LogP contribution in [0.2, 0.25) is 5.02 Å². The SMILES string of the molecule is CCN1C=C2N(C(=O)CCN2S(=O)(=O)c2cc(C)ccc2OC)C(Cc2ccc(Cl)cc2)C1=O. The molecule has 1 fully saturated rings. The van der Waals surface area contributed by atoms with Gasteiger partial charge < -0.3 is 9.64 Å². The van der Waals surface area contributed by atoms with E-state index < -0.39 is 16.1 Å². The highest BCUT2D eigenvalue weighted by atomic mass is 35.5. The van der Waals surface area contributed by atoms with E-state index in [-0.39, 0.29) is 47.7 Å². The van der Waals surface area contributed by atoms with E-state index in [9.17, 15) is 18.0 Å². The largest absolute Gasteiger partial charge is 0.495 e. The first kappa shape index (κ1) is 24.1. The number of benzene rings is 2. The van der Waals surface area contributed by atoms with Gasteiger partial charge in [0.15, 0.2) is 0 Å². The lowest BCUT2D eigenvalue weighted by Crippen LogP contribution is -2.60. The van der Waals surface area contributed by atoms with E-state index in [0.717, 1.165) is 11.1 Å². The first-order valence-corrected chi connectivity index (χ1v) is 12.8. The Morgan fingerprint density at radius 2 is 1.82 bits per heavy atom. The highest BCUT2D eigenvalue weighted by Crippen LogP contribution is 2.36. The highest BCUT2D eigenvalue weighted by molar-refractivity contribution is 7.89. The number of fused-ring (bicyclic) bond motifs is 1. The Morgan fingerprint density at radius 1 is 1.12 bits per heavy atom. The Labute approximate surface area is 204 Å².